The summed E-state index contributed by atoms with van der Waals surface area (Å²) in [5, 5.41) is 76.5. The molecule has 11 nitrogen and oxygen atoms in total. The van der Waals surface area contributed by atoms with Crippen molar-refractivity contribution in [2.45, 2.75) is 409 Å². The monoisotopic (exact) mass is 1140 g/mol. The molecule has 11 heteroatoms. The molecule has 0 aromatic heterocycles. The number of ether oxygens (including phenoxy) is 2. The van der Waals surface area contributed by atoms with Crippen molar-refractivity contribution < 1.29 is 50.0 Å². The molecule has 476 valence electrons. The Morgan fingerprint density at radius 3 is 1.05 bits per heavy atom. The molecule has 0 saturated carbocycles. The third kappa shape index (κ3) is 45.2. The highest BCUT2D eigenvalue weighted by atomic mass is 16.7. The summed E-state index contributed by atoms with van der Waals surface area (Å²) in [6, 6.07) is -1.17. The Hall–Kier alpha value is -1.15. The summed E-state index contributed by atoms with van der Waals surface area (Å²) < 4.78 is 11.2. The number of rotatable bonds is 62. The van der Waals surface area contributed by atoms with Gasteiger partial charge in [-0.2, -0.15) is 0 Å². The van der Waals surface area contributed by atoms with Gasteiger partial charge in [0.2, 0.25) is 5.91 Å². The van der Waals surface area contributed by atoms with Crippen LogP contribution < -0.4 is 5.32 Å². The van der Waals surface area contributed by atoms with E-state index in [1.165, 1.54) is 276 Å². The number of aliphatic hydroxyl groups is 7. The van der Waals surface area contributed by atoms with Crippen molar-refractivity contribution in [3.63, 3.8) is 0 Å². The minimum Gasteiger partial charge on any atom is -0.394 e. The van der Waals surface area contributed by atoms with Crippen LogP contribution in [0.4, 0.5) is 0 Å². The van der Waals surface area contributed by atoms with Gasteiger partial charge in [0.25, 0.3) is 0 Å². The van der Waals surface area contributed by atoms with E-state index in [1.807, 2.05) is 0 Å². The minimum absolute atomic E-state index is 0.264. The maximum Gasteiger partial charge on any atom is 0.249 e. The smallest absolute Gasteiger partial charge is 0.249 e. The van der Waals surface area contributed by atoms with Gasteiger partial charge in [-0.05, 0) is 38.5 Å². The molecule has 1 fully saturated rings. The molecule has 1 aliphatic heterocycles. The lowest BCUT2D eigenvalue weighted by Gasteiger charge is -2.40. The molecule has 9 atom stereocenters. The van der Waals surface area contributed by atoms with Gasteiger partial charge >= 0.3 is 0 Å². The van der Waals surface area contributed by atoms with Crippen LogP contribution in [0, 0.1) is 0 Å². The highest BCUT2D eigenvalue weighted by molar-refractivity contribution is 5.80. The number of unbranched alkanes of at least 4 members (excludes halogenated alkanes) is 48. The fourth-order valence-corrected chi connectivity index (χ4v) is 11.7. The molecular weight excluding hydrogens is 1000 g/mol. The Balaban J connectivity index is 2.19. The molecular formula is C69H135NO10. The van der Waals surface area contributed by atoms with Crippen molar-refractivity contribution in [2.24, 2.45) is 0 Å². The van der Waals surface area contributed by atoms with Crippen molar-refractivity contribution in [2.75, 3.05) is 13.2 Å². The number of carbonyl (C=O) groups is 1. The number of aliphatic hydroxyl groups excluding tert-OH is 7. The van der Waals surface area contributed by atoms with Gasteiger partial charge in [0.1, 0.15) is 36.6 Å². The third-order valence-electron chi connectivity index (χ3n) is 17.3. The van der Waals surface area contributed by atoms with Crippen LogP contribution in [0.1, 0.15) is 354 Å². The number of nitrogens with one attached hydrogen (secondary N) is 1. The summed E-state index contributed by atoms with van der Waals surface area (Å²) in [6.07, 6.45) is 60.0. The first-order valence-electron chi connectivity index (χ1n) is 35.1. The van der Waals surface area contributed by atoms with Gasteiger partial charge in [0.05, 0.1) is 25.4 Å². The fraction of sp³-hybridized carbons (Fsp3) is 0.957. The second-order valence-corrected chi connectivity index (χ2v) is 25.0. The van der Waals surface area contributed by atoms with Gasteiger partial charge < -0.3 is 50.5 Å². The zero-order chi connectivity index (χ0) is 58.2. The van der Waals surface area contributed by atoms with Crippen LogP contribution in [0.2, 0.25) is 0 Å². The molecule has 9 unspecified atom stereocenters. The van der Waals surface area contributed by atoms with Crippen molar-refractivity contribution >= 4 is 5.91 Å². The molecule has 0 aromatic rings. The molecule has 1 saturated heterocycles. The Bertz CT molecular complexity index is 1310. The zero-order valence-electron chi connectivity index (χ0n) is 52.6. The van der Waals surface area contributed by atoms with E-state index in [2.05, 4.69) is 31.3 Å². The van der Waals surface area contributed by atoms with Crippen molar-refractivity contribution in [1.82, 2.24) is 5.32 Å². The van der Waals surface area contributed by atoms with E-state index < -0.39 is 74.2 Å². The average Bonchev–Trinajstić information content (AvgIpc) is 3.47. The van der Waals surface area contributed by atoms with E-state index >= 15 is 0 Å². The third-order valence-corrected chi connectivity index (χ3v) is 17.3. The summed E-state index contributed by atoms with van der Waals surface area (Å²) in [5.41, 5.74) is 0. The highest BCUT2D eigenvalue weighted by Crippen LogP contribution is 2.24. The van der Waals surface area contributed by atoms with Crippen LogP contribution in [0.3, 0.4) is 0 Å². The molecule has 0 aromatic carbocycles. The number of hydrogen-bond acceptors (Lipinski definition) is 10. The lowest BCUT2D eigenvalue weighted by atomic mass is 9.98. The lowest BCUT2D eigenvalue weighted by Crippen LogP contribution is -2.60. The van der Waals surface area contributed by atoms with Crippen LogP contribution in [-0.2, 0) is 14.3 Å². The van der Waals surface area contributed by atoms with Gasteiger partial charge in [-0.3, -0.25) is 4.79 Å². The molecule has 0 bridgehead atoms. The molecule has 0 radical (unpaired) electrons. The Labute approximate surface area is 493 Å². The van der Waals surface area contributed by atoms with Crippen LogP contribution in [0.25, 0.3) is 0 Å². The van der Waals surface area contributed by atoms with E-state index in [1.54, 1.807) is 0 Å². The maximum absolute atomic E-state index is 13.3. The molecule has 8 N–H and O–H groups in total. The zero-order valence-corrected chi connectivity index (χ0v) is 52.6. The van der Waals surface area contributed by atoms with Crippen LogP contribution in [0.5, 0.6) is 0 Å². The minimum atomic E-state index is -1.66. The summed E-state index contributed by atoms with van der Waals surface area (Å²) in [5.74, 6) is -0.689. The molecule has 1 rings (SSSR count). The SMILES string of the molecule is CCCCCCCCCCCCCC/C=C\CCCCCCCCCCCCCCCCC(O)C(=O)NC(COC1OC(CO)C(O)C(O)C1O)C(O)C(O)CCCCCCCCCCCCCCCCCCCCCCCCC. The van der Waals surface area contributed by atoms with Gasteiger partial charge in [-0.25, -0.2) is 0 Å². The summed E-state index contributed by atoms with van der Waals surface area (Å²) in [7, 11) is 0. The number of amides is 1. The van der Waals surface area contributed by atoms with Crippen LogP contribution >= 0.6 is 0 Å². The van der Waals surface area contributed by atoms with E-state index in [-0.39, 0.29) is 6.42 Å². The largest absolute Gasteiger partial charge is 0.394 e. The predicted octanol–water partition coefficient (Wildman–Crippen LogP) is 16.6. The first-order valence-corrected chi connectivity index (χ1v) is 35.1. The fourth-order valence-electron chi connectivity index (χ4n) is 11.7. The van der Waals surface area contributed by atoms with Crippen molar-refractivity contribution in [3.05, 3.63) is 12.2 Å². The first-order chi connectivity index (χ1) is 39.2. The highest BCUT2D eigenvalue weighted by Gasteiger charge is 2.44. The van der Waals surface area contributed by atoms with E-state index in [9.17, 15) is 40.5 Å². The second-order valence-electron chi connectivity index (χ2n) is 25.0. The van der Waals surface area contributed by atoms with Crippen molar-refractivity contribution in [3.8, 4) is 0 Å². The summed E-state index contributed by atoms with van der Waals surface area (Å²) >= 11 is 0. The Kier molecular flexibility index (Phi) is 56.0. The molecule has 0 aliphatic carbocycles. The van der Waals surface area contributed by atoms with E-state index in [0.717, 1.165) is 38.5 Å². The van der Waals surface area contributed by atoms with Crippen LogP contribution in [0.15, 0.2) is 12.2 Å². The van der Waals surface area contributed by atoms with E-state index in [0.29, 0.717) is 19.3 Å². The van der Waals surface area contributed by atoms with Gasteiger partial charge in [-0.1, -0.05) is 328 Å². The first kappa shape index (κ1) is 76.9. The number of allylic oxidation sites excluding steroid dienone is 2. The van der Waals surface area contributed by atoms with Gasteiger partial charge in [-0.15, -0.1) is 0 Å². The summed E-state index contributed by atoms with van der Waals surface area (Å²) in [4.78, 5) is 13.3. The molecule has 0 spiro atoms. The lowest BCUT2D eigenvalue weighted by molar-refractivity contribution is -0.303. The van der Waals surface area contributed by atoms with Crippen LogP contribution in [-0.4, -0.2) is 110 Å². The van der Waals surface area contributed by atoms with Crippen molar-refractivity contribution in [1.29, 1.82) is 0 Å². The Morgan fingerprint density at radius 2 is 0.725 bits per heavy atom. The standard InChI is InChI=1S/C69H135NO10/c1-3-5-7-9-11-13-15-17-19-21-23-25-27-28-29-30-31-32-33-35-37-39-41-43-45-47-49-51-53-55-57-62(73)68(78)70-60(59-79-69-67(77)66(76)65(75)63(58-71)80-69)64(74)61(72)56-54-52-50-48-46-44-42-40-38-36-34-26-24-22-20-18-16-14-12-10-8-6-4-2/h28-29,60-67,69,71-77H,3-27,30-59H2,1-2H3,(H,70,78)/b29-28-. The molecule has 80 heavy (non-hydrogen) atoms. The van der Waals surface area contributed by atoms with Gasteiger partial charge in [0, 0.05) is 0 Å². The second kappa shape index (κ2) is 58.2. The molecule has 1 aliphatic rings. The van der Waals surface area contributed by atoms with Gasteiger partial charge in [0.15, 0.2) is 6.29 Å². The number of hydrogen-bond donors (Lipinski definition) is 8. The predicted molar refractivity (Wildman–Crippen MR) is 335 cm³/mol. The van der Waals surface area contributed by atoms with E-state index in [4.69, 9.17) is 9.47 Å². The molecule has 1 heterocycles. The topological polar surface area (TPSA) is 189 Å². The number of carbonyl (C=O) groups excluding carboxylic acids is 1. The molecule has 1 amide bonds. The maximum atomic E-state index is 13.3. The normalized spacial score (nSPS) is 19.2. The summed E-state index contributed by atoms with van der Waals surface area (Å²) in [6.45, 7) is 3.52. The Morgan fingerprint density at radius 1 is 0.425 bits per heavy atom. The average molecular weight is 1140 g/mol. The quantitative estimate of drug-likeness (QED) is 0.0215.